The van der Waals surface area contributed by atoms with Crippen molar-refractivity contribution in [3.8, 4) is 0 Å². The smallest absolute Gasteiger partial charge is 0.253 e. The first kappa shape index (κ1) is 12.6. The molecule has 3 nitrogen and oxygen atoms in total. The number of hydrogen-bond acceptors (Lipinski definition) is 2. The third-order valence-electron chi connectivity index (χ3n) is 4.35. The van der Waals surface area contributed by atoms with Crippen molar-refractivity contribution in [2.75, 3.05) is 26.2 Å². The molecule has 0 aliphatic carbocycles. The number of aryl methyl sites for hydroxylation is 1. The zero-order valence-electron chi connectivity index (χ0n) is 11.2. The van der Waals surface area contributed by atoms with Crippen molar-refractivity contribution in [3.63, 3.8) is 0 Å². The second-order valence-corrected chi connectivity index (χ2v) is 5.92. The Bertz CT molecular complexity index is 489. The first-order chi connectivity index (χ1) is 9.08. The lowest BCUT2D eigenvalue weighted by Crippen LogP contribution is -2.33. The third kappa shape index (κ3) is 2.37. The van der Waals surface area contributed by atoms with Gasteiger partial charge in [-0.1, -0.05) is 0 Å². The minimum absolute atomic E-state index is 0.0358. The van der Waals surface area contributed by atoms with Crippen LogP contribution in [0.15, 0.2) is 18.2 Å². The summed E-state index contributed by atoms with van der Waals surface area (Å²) in [5.41, 5.74) is 1.53. The van der Waals surface area contributed by atoms with E-state index in [1.807, 2.05) is 11.8 Å². The molecule has 2 fully saturated rings. The number of nitrogens with zero attached hydrogens (tertiary/aromatic N) is 1. The Labute approximate surface area is 112 Å². The van der Waals surface area contributed by atoms with Crippen molar-refractivity contribution in [1.82, 2.24) is 10.2 Å². The van der Waals surface area contributed by atoms with E-state index < -0.39 is 0 Å². The molecule has 1 aromatic carbocycles. The number of amides is 1. The lowest BCUT2D eigenvalue weighted by Gasteiger charge is -2.22. The zero-order valence-corrected chi connectivity index (χ0v) is 11.2. The molecule has 2 aliphatic rings. The molecule has 4 heteroatoms. The summed E-state index contributed by atoms with van der Waals surface area (Å²) in [5.74, 6) is -0.369. The highest BCUT2D eigenvalue weighted by Gasteiger charge is 2.41. The predicted octanol–water partition coefficient (Wildman–Crippen LogP) is 1.96. The van der Waals surface area contributed by atoms with Crippen molar-refractivity contribution in [1.29, 1.82) is 0 Å². The fourth-order valence-corrected chi connectivity index (χ4v) is 3.29. The average molecular weight is 262 g/mol. The first-order valence-electron chi connectivity index (χ1n) is 6.85. The Morgan fingerprint density at radius 3 is 2.89 bits per heavy atom. The lowest BCUT2D eigenvalue weighted by atomic mass is 9.86. The maximum absolute atomic E-state index is 13.4. The summed E-state index contributed by atoms with van der Waals surface area (Å²) >= 11 is 0. The predicted molar refractivity (Wildman–Crippen MR) is 71.6 cm³/mol. The van der Waals surface area contributed by atoms with Gasteiger partial charge in [-0.05, 0) is 50.1 Å². The molecule has 1 amide bonds. The molecule has 0 saturated carbocycles. The van der Waals surface area contributed by atoms with Crippen molar-refractivity contribution < 1.29 is 9.18 Å². The van der Waals surface area contributed by atoms with E-state index in [1.54, 1.807) is 6.07 Å². The number of likely N-dealkylation sites (tertiary alicyclic amines) is 1. The van der Waals surface area contributed by atoms with E-state index in [0.29, 0.717) is 5.56 Å². The summed E-state index contributed by atoms with van der Waals surface area (Å²) < 4.78 is 13.4. The fourth-order valence-electron chi connectivity index (χ4n) is 3.29. The van der Waals surface area contributed by atoms with Crippen LogP contribution in [0.3, 0.4) is 0 Å². The third-order valence-corrected chi connectivity index (χ3v) is 4.35. The minimum atomic E-state index is -0.334. The van der Waals surface area contributed by atoms with Crippen molar-refractivity contribution >= 4 is 5.91 Å². The SMILES string of the molecule is Cc1cc(F)cc(C(=O)N2CCC3(CCNC3)C2)c1. The summed E-state index contributed by atoms with van der Waals surface area (Å²) in [6.45, 7) is 5.44. The van der Waals surface area contributed by atoms with Gasteiger partial charge >= 0.3 is 0 Å². The van der Waals surface area contributed by atoms with Crippen molar-refractivity contribution in [3.05, 3.63) is 35.1 Å². The molecule has 1 atom stereocenters. The molecule has 2 aliphatic heterocycles. The van der Waals surface area contributed by atoms with Gasteiger partial charge in [-0.2, -0.15) is 0 Å². The van der Waals surface area contributed by atoms with Crippen LogP contribution in [0.25, 0.3) is 0 Å². The van der Waals surface area contributed by atoms with Gasteiger partial charge in [0.25, 0.3) is 5.91 Å². The summed E-state index contributed by atoms with van der Waals surface area (Å²) in [5, 5.41) is 3.37. The van der Waals surface area contributed by atoms with Gasteiger partial charge in [-0.15, -0.1) is 0 Å². The van der Waals surface area contributed by atoms with Gasteiger partial charge < -0.3 is 10.2 Å². The highest BCUT2D eigenvalue weighted by Crippen LogP contribution is 2.36. The number of nitrogens with one attached hydrogen (secondary N) is 1. The Hall–Kier alpha value is -1.42. The maximum atomic E-state index is 13.4. The fraction of sp³-hybridized carbons (Fsp3) is 0.533. The van der Waals surface area contributed by atoms with Gasteiger partial charge in [0.1, 0.15) is 5.82 Å². The van der Waals surface area contributed by atoms with E-state index in [0.717, 1.165) is 44.6 Å². The van der Waals surface area contributed by atoms with Crippen LogP contribution in [-0.2, 0) is 0 Å². The van der Waals surface area contributed by atoms with Gasteiger partial charge in [0.2, 0.25) is 0 Å². The van der Waals surface area contributed by atoms with E-state index >= 15 is 0 Å². The topological polar surface area (TPSA) is 32.3 Å². The molecule has 19 heavy (non-hydrogen) atoms. The minimum Gasteiger partial charge on any atom is -0.338 e. The van der Waals surface area contributed by atoms with Gasteiger partial charge in [0.15, 0.2) is 0 Å². The number of benzene rings is 1. The number of hydrogen-bond donors (Lipinski definition) is 1. The van der Waals surface area contributed by atoms with Gasteiger partial charge in [0.05, 0.1) is 0 Å². The molecule has 102 valence electrons. The van der Waals surface area contributed by atoms with Crippen LogP contribution in [0.2, 0.25) is 0 Å². The molecule has 1 aromatic rings. The molecule has 1 spiro atoms. The molecule has 0 aromatic heterocycles. The molecular formula is C15H19FN2O. The van der Waals surface area contributed by atoms with E-state index in [9.17, 15) is 9.18 Å². The molecule has 0 bridgehead atoms. The Kier molecular flexibility index (Phi) is 3.05. The summed E-state index contributed by atoms with van der Waals surface area (Å²) in [6.07, 6.45) is 2.19. The normalized spacial score (nSPS) is 26.3. The molecular weight excluding hydrogens is 243 g/mol. The molecule has 2 heterocycles. The largest absolute Gasteiger partial charge is 0.338 e. The molecule has 3 rings (SSSR count). The maximum Gasteiger partial charge on any atom is 0.253 e. The number of halogens is 1. The van der Waals surface area contributed by atoms with E-state index in [-0.39, 0.29) is 17.1 Å². The Morgan fingerprint density at radius 1 is 1.37 bits per heavy atom. The molecule has 0 radical (unpaired) electrons. The average Bonchev–Trinajstić information content (AvgIpc) is 2.98. The van der Waals surface area contributed by atoms with Gasteiger partial charge in [-0.25, -0.2) is 4.39 Å². The first-order valence-corrected chi connectivity index (χ1v) is 6.85. The number of carbonyl (C=O) groups excluding carboxylic acids is 1. The second kappa shape index (κ2) is 4.60. The standard InChI is InChI=1S/C15H19FN2O/c1-11-6-12(8-13(16)7-11)14(19)18-5-3-15(10-18)2-4-17-9-15/h6-8,17H,2-5,9-10H2,1H3. The van der Waals surface area contributed by atoms with Crippen LogP contribution in [-0.4, -0.2) is 37.0 Å². The van der Waals surface area contributed by atoms with Crippen LogP contribution >= 0.6 is 0 Å². The van der Waals surface area contributed by atoms with E-state index in [4.69, 9.17) is 0 Å². The van der Waals surface area contributed by atoms with Gasteiger partial charge in [-0.3, -0.25) is 4.79 Å². The van der Waals surface area contributed by atoms with Crippen molar-refractivity contribution in [2.45, 2.75) is 19.8 Å². The van der Waals surface area contributed by atoms with Crippen LogP contribution in [0, 0.1) is 18.2 Å². The van der Waals surface area contributed by atoms with Crippen LogP contribution in [0.1, 0.15) is 28.8 Å². The van der Waals surface area contributed by atoms with Crippen LogP contribution in [0.4, 0.5) is 4.39 Å². The summed E-state index contributed by atoms with van der Waals surface area (Å²) in [7, 11) is 0. The highest BCUT2D eigenvalue weighted by atomic mass is 19.1. The molecule has 1 N–H and O–H groups in total. The Balaban J connectivity index is 1.77. The summed E-state index contributed by atoms with van der Waals surface area (Å²) in [4.78, 5) is 14.3. The quantitative estimate of drug-likeness (QED) is 0.839. The van der Waals surface area contributed by atoms with Crippen LogP contribution < -0.4 is 5.32 Å². The molecule has 1 unspecified atom stereocenters. The summed E-state index contributed by atoms with van der Waals surface area (Å²) in [6, 6.07) is 4.56. The second-order valence-electron chi connectivity index (χ2n) is 5.92. The molecule has 2 saturated heterocycles. The van der Waals surface area contributed by atoms with E-state index in [2.05, 4.69) is 5.32 Å². The van der Waals surface area contributed by atoms with E-state index in [1.165, 1.54) is 12.1 Å². The lowest BCUT2D eigenvalue weighted by molar-refractivity contribution is 0.0775. The highest BCUT2D eigenvalue weighted by molar-refractivity contribution is 5.94. The van der Waals surface area contributed by atoms with Crippen LogP contribution in [0.5, 0.6) is 0 Å². The number of carbonyl (C=O) groups is 1. The van der Waals surface area contributed by atoms with Crippen molar-refractivity contribution in [2.24, 2.45) is 5.41 Å². The monoisotopic (exact) mass is 262 g/mol. The number of rotatable bonds is 1. The Morgan fingerprint density at radius 2 is 2.21 bits per heavy atom. The van der Waals surface area contributed by atoms with Gasteiger partial charge in [0, 0.05) is 30.6 Å². The zero-order chi connectivity index (χ0) is 13.5.